The molecule has 2 saturated heterocycles. The highest BCUT2D eigenvalue weighted by molar-refractivity contribution is 7.16. The fraction of sp³-hybridized carbons (Fsp3) is 0.478. The van der Waals surface area contributed by atoms with Crippen molar-refractivity contribution in [1.82, 2.24) is 24.8 Å². The quantitative estimate of drug-likeness (QED) is 0.608. The molecule has 33 heavy (non-hydrogen) atoms. The van der Waals surface area contributed by atoms with Crippen molar-refractivity contribution in [3.05, 3.63) is 34.8 Å². The molecule has 2 amide bonds. The topological polar surface area (TPSA) is 104 Å². The van der Waals surface area contributed by atoms with Crippen LogP contribution in [-0.2, 0) is 6.54 Å². The molecular weight excluding hydrogens is 436 g/mol. The molecule has 9 nitrogen and oxygen atoms in total. The Hall–Kier alpha value is -2.98. The third-order valence-electron chi connectivity index (χ3n) is 6.52. The first kappa shape index (κ1) is 21.8. The van der Waals surface area contributed by atoms with Crippen LogP contribution in [0.25, 0.3) is 10.3 Å². The van der Waals surface area contributed by atoms with E-state index in [0.717, 1.165) is 34.0 Å². The van der Waals surface area contributed by atoms with Gasteiger partial charge in [0.25, 0.3) is 0 Å². The van der Waals surface area contributed by atoms with Crippen molar-refractivity contribution >= 4 is 45.2 Å². The number of carbonyl (C=O) groups excluding carboxylic acids is 1. The van der Waals surface area contributed by atoms with Crippen LogP contribution in [0.1, 0.15) is 30.9 Å². The van der Waals surface area contributed by atoms with Crippen molar-refractivity contribution in [3.63, 3.8) is 0 Å². The minimum absolute atomic E-state index is 0.0714. The molecule has 1 unspecified atom stereocenters. The maximum absolute atomic E-state index is 13.0. The molecule has 10 heteroatoms. The number of amides is 2. The van der Waals surface area contributed by atoms with Crippen molar-refractivity contribution in [1.29, 1.82) is 0 Å². The predicted molar refractivity (Wildman–Crippen MR) is 133 cm³/mol. The average Bonchev–Trinajstić information content (AvgIpc) is 3.47. The molecule has 2 aliphatic rings. The van der Waals surface area contributed by atoms with Crippen LogP contribution >= 0.6 is 11.3 Å². The number of benzene rings is 1. The summed E-state index contributed by atoms with van der Waals surface area (Å²) in [5, 5.41) is 3.11. The summed E-state index contributed by atoms with van der Waals surface area (Å²) >= 11 is 1.45. The largest absolute Gasteiger partial charge is 0.368 e. The maximum atomic E-state index is 13.0. The summed E-state index contributed by atoms with van der Waals surface area (Å²) in [4.78, 5) is 33.5. The second-order valence-corrected chi connectivity index (χ2v) is 9.80. The Labute approximate surface area is 197 Å². The van der Waals surface area contributed by atoms with Crippen LogP contribution in [0.3, 0.4) is 0 Å². The van der Waals surface area contributed by atoms with Crippen molar-refractivity contribution in [2.75, 3.05) is 48.7 Å². The van der Waals surface area contributed by atoms with Gasteiger partial charge in [0.15, 0.2) is 10.6 Å². The summed E-state index contributed by atoms with van der Waals surface area (Å²) < 4.78 is 0. The highest BCUT2D eigenvalue weighted by Gasteiger charge is 2.30. The molecule has 174 valence electrons. The Balaban J connectivity index is 1.23. The third-order valence-corrected chi connectivity index (χ3v) is 7.24. The zero-order valence-corrected chi connectivity index (χ0v) is 19.9. The molecule has 3 aromatic rings. The van der Waals surface area contributed by atoms with Gasteiger partial charge in [0.1, 0.15) is 5.52 Å². The molecule has 3 N–H and O–H groups in total. The summed E-state index contributed by atoms with van der Waals surface area (Å²) in [5.74, 6) is 0.994. The Bertz CT molecular complexity index is 1160. The standard InChI is InChI=1S/C23H30N8OS/c1-15-11-17(13-29-7-3-4-8-29)5-6-18(15)26-23(32)30-9-10-31(16(2)12-30)20-19-21(33-14-25-19)28-22(24)27-20/h5-6,11,14,16H,3-4,7-10,12-13H2,1-2H3,(H,26,32)(H2,24,27,28). The molecule has 4 heterocycles. The summed E-state index contributed by atoms with van der Waals surface area (Å²) in [6, 6.07) is 6.35. The number of nitrogens with two attached hydrogens (primary N) is 1. The number of thiazole rings is 1. The number of anilines is 3. The van der Waals surface area contributed by atoms with E-state index in [0.29, 0.717) is 19.6 Å². The number of hydrogen-bond donors (Lipinski definition) is 2. The van der Waals surface area contributed by atoms with Gasteiger partial charge < -0.3 is 20.9 Å². The normalized spacial score (nSPS) is 19.4. The monoisotopic (exact) mass is 466 g/mol. The van der Waals surface area contributed by atoms with Crippen LogP contribution < -0.4 is 16.0 Å². The van der Waals surface area contributed by atoms with E-state index in [1.807, 2.05) is 11.0 Å². The number of rotatable bonds is 4. The predicted octanol–water partition coefficient (Wildman–Crippen LogP) is 3.32. The van der Waals surface area contributed by atoms with Crippen molar-refractivity contribution in [3.8, 4) is 0 Å². The first-order valence-corrected chi connectivity index (χ1v) is 12.4. The molecule has 2 aromatic heterocycles. The Morgan fingerprint density at radius 1 is 1.21 bits per heavy atom. The number of piperazine rings is 1. The van der Waals surface area contributed by atoms with Crippen LogP contribution in [0, 0.1) is 6.92 Å². The number of urea groups is 1. The Kier molecular flexibility index (Phi) is 6.03. The van der Waals surface area contributed by atoms with E-state index in [9.17, 15) is 4.79 Å². The van der Waals surface area contributed by atoms with E-state index < -0.39 is 0 Å². The number of aryl methyl sites for hydroxylation is 1. The maximum Gasteiger partial charge on any atom is 0.321 e. The number of fused-ring (bicyclic) bond motifs is 1. The van der Waals surface area contributed by atoms with Crippen molar-refractivity contribution in [2.45, 2.75) is 39.3 Å². The zero-order valence-electron chi connectivity index (χ0n) is 19.1. The van der Waals surface area contributed by atoms with Gasteiger partial charge in [-0.15, -0.1) is 11.3 Å². The smallest absolute Gasteiger partial charge is 0.321 e. The second-order valence-electron chi connectivity index (χ2n) is 8.96. The van der Waals surface area contributed by atoms with Gasteiger partial charge in [-0.2, -0.15) is 4.98 Å². The van der Waals surface area contributed by atoms with E-state index in [4.69, 9.17) is 5.73 Å². The third kappa shape index (κ3) is 4.58. The molecule has 0 radical (unpaired) electrons. The van der Waals surface area contributed by atoms with Crippen LogP contribution in [-0.4, -0.2) is 69.5 Å². The second kappa shape index (κ2) is 9.11. The molecule has 0 spiro atoms. The van der Waals surface area contributed by atoms with E-state index >= 15 is 0 Å². The summed E-state index contributed by atoms with van der Waals surface area (Å²) in [6.07, 6.45) is 2.58. The number of nitrogens with zero attached hydrogens (tertiary/aromatic N) is 6. The van der Waals surface area contributed by atoms with Gasteiger partial charge in [0.05, 0.1) is 5.51 Å². The van der Waals surface area contributed by atoms with Gasteiger partial charge in [-0.3, -0.25) is 4.90 Å². The molecule has 1 aromatic carbocycles. The molecule has 0 bridgehead atoms. The lowest BCUT2D eigenvalue weighted by molar-refractivity contribution is 0.200. The first-order valence-electron chi connectivity index (χ1n) is 11.5. The number of aromatic nitrogens is 3. The fourth-order valence-electron chi connectivity index (χ4n) is 4.78. The minimum atomic E-state index is -0.0714. The molecular formula is C23H30N8OS. The zero-order chi connectivity index (χ0) is 22.9. The SMILES string of the molecule is Cc1cc(CN2CCCC2)ccc1NC(=O)N1CCN(c2nc(N)nc3scnc23)C(C)C1. The number of hydrogen-bond acceptors (Lipinski definition) is 8. The fourth-order valence-corrected chi connectivity index (χ4v) is 5.44. The van der Waals surface area contributed by atoms with Crippen LogP contribution in [0.5, 0.6) is 0 Å². The highest BCUT2D eigenvalue weighted by Crippen LogP contribution is 2.29. The lowest BCUT2D eigenvalue weighted by Gasteiger charge is -2.40. The number of carbonyl (C=O) groups is 1. The molecule has 2 aliphatic heterocycles. The van der Waals surface area contributed by atoms with Crippen LogP contribution in [0.4, 0.5) is 22.2 Å². The number of likely N-dealkylation sites (tertiary alicyclic amines) is 1. The van der Waals surface area contributed by atoms with Gasteiger partial charge >= 0.3 is 6.03 Å². The lowest BCUT2D eigenvalue weighted by atomic mass is 10.1. The van der Waals surface area contributed by atoms with Gasteiger partial charge in [-0.1, -0.05) is 12.1 Å². The van der Waals surface area contributed by atoms with Gasteiger partial charge in [-0.25, -0.2) is 14.8 Å². The van der Waals surface area contributed by atoms with E-state index in [1.54, 1.807) is 5.51 Å². The van der Waals surface area contributed by atoms with Gasteiger partial charge in [0.2, 0.25) is 5.95 Å². The lowest BCUT2D eigenvalue weighted by Crippen LogP contribution is -2.55. The van der Waals surface area contributed by atoms with E-state index in [2.05, 4.69) is 56.0 Å². The summed E-state index contributed by atoms with van der Waals surface area (Å²) in [6.45, 7) is 9.33. The minimum Gasteiger partial charge on any atom is -0.368 e. The van der Waals surface area contributed by atoms with Crippen LogP contribution in [0.2, 0.25) is 0 Å². The van der Waals surface area contributed by atoms with Gasteiger partial charge in [0, 0.05) is 37.9 Å². The summed E-state index contributed by atoms with van der Waals surface area (Å²) in [7, 11) is 0. The van der Waals surface area contributed by atoms with Crippen LogP contribution in [0.15, 0.2) is 23.7 Å². The molecule has 0 saturated carbocycles. The van der Waals surface area contributed by atoms with Crippen molar-refractivity contribution < 1.29 is 4.79 Å². The first-order chi connectivity index (χ1) is 16.0. The van der Waals surface area contributed by atoms with E-state index in [1.165, 1.54) is 42.8 Å². The molecule has 0 aliphatic carbocycles. The molecule has 2 fully saturated rings. The Morgan fingerprint density at radius 3 is 2.79 bits per heavy atom. The summed E-state index contributed by atoms with van der Waals surface area (Å²) in [5.41, 5.74) is 11.7. The van der Waals surface area contributed by atoms with E-state index in [-0.39, 0.29) is 18.0 Å². The average molecular weight is 467 g/mol. The number of nitrogen functional groups attached to an aromatic ring is 1. The number of nitrogens with one attached hydrogen (secondary N) is 1. The van der Waals surface area contributed by atoms with Gasteiger partial charge in [-0.05, 0) is 57.0 Å². The Morgan fingerprint density at radius 2 is 2.03 bits per heavy atom. The highest BCUT2D eigenvalue weighted by atomic mass is 32.1. The molecule has 5 rings (SSSR count). The molecule has 1 atom stereocenters. The van der Waals surface area contributed by atoms with Crippen molar-refractivity contribution in [2.24, 2.45) is 0 Å².